The van der Waals surface area contributed by atoms with Gasteiger partial charge in [-0.05, 0) is 6.07 Å². The molecule has 1 aliphatic rings. The van der Waals surface area contributed by atoms with Crippen molar-refractivity contribution in [2.45, 2.75) is 6.92 Å². The van der Waals surface area contributed by atoms with Crippen LogP contribution >= 0.6 is 22.9 Å². The average Bonchev–Trinajstić information content (AvgIpc) is 3.57. The molecular formula is C25H28ClN7O4S. The zero-order valence-corrected chi connectivity index (χ0v) is 22.3. The number of ether oxygens (including phenoxy) is 1. The van der Waals surface area contributed by atoms with Crippen molar-refractivity contribution < 1.29 is 19.7 Å². The SMILES string of the molecule is CC(CO)(CCl)COc1cc2c(O)n(-c3nc(C(=O)Nc4cnccc4N4CCNCC4)cs3)cc2cn1. The summed E-state index contributed by atoms with van der Waals surface area (Å²) in [5.74, 6) is 0.109. The average molecular weight is 558 g/mol. The molecule has 1 unspecified atom stereocenters. The Morgan fingerprint density at radius 3 is 2.92 bits per heavy atom. The smallest absolute Gasteiger partial charge is 0.275 e. The van der Waals surface area contributed by atoms with Gasteiger partial charge in [0.1, 0.15) is 5.69 Å². The molecule has 1 aliphatic heterocycles. The zero-order valence-electron chi connectivity index (χ0n) is 20.7. The van der Waals surface area contributed by atoms with E-state index < -0.39 is 5.41 Å². The quantitative estimate of drug-likeness (QED) is 0.229. The predicted octanol–water partition coefficient (Wildman–Crippen LogP) is 2.86. The van der Waals surface area contributed by atoms with Gasteiger partial charge in [-0.15, -0.1) is 22.9 Å². The third-order valence-electron chi connectivity index (χ3n) is 6.35. The molecule has 0 aromatic carbocycles. The summed E-state index contributed by atoms with van der Waals surface area (Å²) in [6.45, 7) is 5.27. The highest BCUT2D eigenvalue weighted by Crippen LogP contribution is 2.33. The minimum atomic E-state index is -0.606. The van der Waals surface area contributed by atoms with Crippen molar-refractivity contribution in [1.29, 1.82) is 0 Å². The van der Waals surface area contributed by atoms with Crippen LogP contribution in [0.5, 0.6) is 11.8 Å². The van der Waals surface area contributed by atoms with E-state index in [1.807, 2.05) is 13.0 Å². The number of rotatable bonds is 9. The number of fused-ring (bicyclic) bond motifs is 1. The number of carbonyl (C=O) groups excluding carboxylic acids is 1. The molecule has 1 atom stereocenters. The summed E-state index contributed by atoms with van der Waals surface area (Å²) >= 11 is 7.16. The number of aromatic hydroxyl groups is 1. The highest BCUT2D eigenvalue weighted by Gasteiger charge is 2.24. The number of alkyl halides is 1. The normalized spacial score (nSPS) is 15.4. The summed E-state index contributed by atoms with van der Waals surface area (Å²) in [7, 11) is 0. The molecule has 11 nitrogen and oxygen atoms in total. The molecule has 0 bridgehead atoms. The lowest BCUT2D eigenvalue weighted by molar-refractivity contribution is 0.0980. The predicted molar refractivity (Wildman–Crippen MR) is 147 cm³/mol. The maximum atomic E-state index is 13.0. The lowest BCUT2D eigenvalue weighted by Crippen LogP contribution is -2.43. The summed E-state index contributed by atoms with van der Waals surface area (Å²) in [6, 6.07) is 3.51. The number of thiazole rings is 1. The number of hydrogen-bond donors (Lipinski definition) is 4. The van der Waals surface area contributed by atoms with Gasteiger partial charge in [-0.3, -0.25) is 14.3 Å². The molecule has 0 aliphatic carbocycles. The molecule has 5 rings (SSSR count). The number of amides is 1. The number of nitrogens with one attached hydrogen (secondary N) is 2. The van der Waals surface area contributed by atoms with Crippen molar-refractivity contribution >= 4 is 51.0 Å². The van der Waals surface area contributed by atoms with Gasteiger partial charge in [-0.25, -0.2) is 9.97 Å². The highest BCUT2D eigenvalue weighted by atomic mass is 35.5. The standard InChI is InChI=1S/C25H28ClN7O4S/c1-25(13-26,14-34)15-37-21-8-17-16(9-29-21)11-33(23(17)36)24-31-19(12-38-24)22(35)30-18-10-28-3-2-20(18)32-6-4-27-5-7-32/h2-3,8-12,27,34,36H,4-7,13-15H2,1H3,(H,30,35). The Morgan fingerprint density at radius 2 is 2.16 bits per heavy atom. The summed E-state index contributed by atoms with van der Waals surface area (Å²) < 4.78 is 7.23. The topological polar surface area (TPSA) is 138 Å². The van der Waals surface area contributed by atoms with E-state index in [0.717, 1.165) is 31.9 Å². The molecule has 1 fully saturated rings. The van der Waals surface area contributed by atoms with Crippen molar-refractivity contribution in [3.8, 4) is 16.9 Å². The Labute approximate surface area is 228 Å². The van der Waals surface area contributed by atoms with Crippen LogP contribution in [0.25, 0.3) is 15.9 Å². The number of pyridine rings is 2. The molecule has 38 heavy (non-hydrogen) atoms. The van der Waals surface area contributed by atoms with Gasteiger partial charge in [-0.1, -0.05) is 6.92 Å². The van der Waals surface area contributed by atoms with Crippen LogP contribution in [-0.4, -0.2) is 80.9 Å². The van der Waals surface area contributed by atoms with E-state index in [1.165, 1.54) is 15.9 Å². The van der Waals surface area contributed by atoms with Crippen LogP contribution in [0, 0.1) is 5.41 Å². The second-order valence-corrected chi connectivity index (χ2v) is 10.5. The maximum absolute atomic E-state index is 13.0. The van der Waals surface area contributed by atoms with Gasteiger partial charge in [0, 0.05) is 72.9 Å². The Hall–Kier alpha value is -3.45. The summed E-state index contributed by atoms with van der Waals surface area (Å²) in [5.41, 5.74) is 1.15. The van der Waals surface area contributed by atoms with E-state index in [4.69, 9.17) is 16.3 Å². The first kappa shape index (κ1) is 26.2. The first-order chi connectivity index (χ1) is 18.4. The number of anilines is 2. The van der Waals surface area contributed by atoms with Gasteiger partial charge < -0.3 is 30.5 Å². The Morgan fingerprint density at radius 1 is 1.34 bits per heavy atom. The minimum Gasteiger partial charge on any atom is -0.494 e. The molecule has 4 aromatic heterocycles. The van der Waals surface area contributed by atoms with Gasteiger partial charge in [-0.2, -0.15) is 0 Å². The molecule has 4 N–H and O–H groups in total. The van der Waals surface area contributed by atoms with E-state index >= 15 is 0 Å². The number of aromatic nitrogens is 4. The number of halogens is 1. The number of piperazine rings is 1. The van der Waals surface area contributed by atoms with Crippen LogP contribution < -0.4 is 20.3 Å². The number of nitrogens with zero attached hydrogens (tertiary/aromatic N) is 5. The molecule has 5 heterocycles. The van der Waals surface area contributed by atoms with Gasteiger partial charge in [0.2, 0.25) is 11.8 Å². The van der Waals surface area contributed by atoms with Gasteiger partial charge >= 0.3 is 0 Å². The third-order valence-corrected chi connectivity index (χ3v) is 7.84. The van der Waals surface area contributed by atoms with Crippen LogP contribution in [0.4, 0.5) is 11.4 Å². The maximum Gasteiger partial charge on any atom is 0.275 e. The summed E-state index contributed by atoms with van der Waals surface area (Å²) in [5, 5.41) is 30.0. The molecule has 1 saturated heterocycles. The van der Waals surface area contributed by atoms with Gasteiger partial charge in [0.25, 0.3) is 5.91 Å². The fourth-order valence-electron chi connectivity index (χ4n) is 4.00. The van der Waals surface area contributed by atoms with Crippen molar-refractivity contribution in [1.82, 2.24) is 24.8 Å². The molecule has 0 spiro atoms. The van der Waals surface area contributed by atoms with Crippen LogP contribution in [0.2, 0.25) is 0 Å². The van der Waals surface area contributed by atoms with Crippen LogP contribution in [0.1, 0.15) is 17.4 Å². The van der Waals surface area contributed by atoms with E-state index in [9.17, 15) is 15.0 Å². The van der Waals surface area contributed by atoms with Crippen molar-refractivity contribution in [2.75, 3.05) is 55.5 Å². The van der Waals surface area contributed by atoms with Gasteiger partial charge in [0.05, 0.1) is 36.2 Å². The number of hydrogen-bond acceptors (Lipinski definition) is 10. The number of aliphatic hydroxyl groups is 1. The summed E-state index contributed by atoms with van der Waals surface area (Å²) in [6.07, 6.45) is 6.62. The summed E-state index contributed by atoms with van der Waals surface area (Å²) in [4.78, 5) is 28.2. The fraction of sp³-hybridized carbons (Fsp3) is 0.360. The van der Waals surface area contributed by atoms with Crippen molar-refractivity contribution in [3.05, 3.63) is 48.0 Å². The van der Waals surface area contributed by atoms with Crippen molar-refractivity contribution in [2.24, 2.45) is 5.41 Å². The van der Waals surface area contributed by atoms with Gasteiger partial charge in [0.15, 0.2) is 5.13 Å². The Bertz CT molecular complexity index is 1430. The Balaban J connectivity index is 1.33. The fourth-order valence-corrected chi connectivity index (χ4v) is 4.95. The number of aliphatic hydroxyl groups excluding tert-OH is 1. The van der Waals surface area contributed by atoms with Crippen molar-refractivity contribution in [3.63, 3.8) is 0 Å². The molecule has 13 heteroatoms. The second-order valence-electron chi connectivity index (χ2n) is 9.42. The van der Waals surface area contributed by atoms with E-state index in [0.29, 0.717) is 27.5 Å². The lowest BCUT2D eigenvalue weighted by atomic mass is 9.96. The first-order valence-corrected chi connectivity index (χ1v) is 13.5. The second kappa shape index (κ2) is 11.1. The van der Waals surface area contributed by atoms with Crippen LogP contribution in [0.3, 0.4) is 0 Å². The van der Waals surface area contributed by atoms with Crippen LogP contribution in [0.15, 0.2) is 42.3 Å². The zero-order chi connectivity index (χ0) is 26.7. The van der Waals surface area contributed by atoms with E-state index in [1.54, 1.807) is 36.2 Å². The molecular weight excluding hydrogens is 530 g/mol. The first-order valence-electron chi connectivity index (χ1n) is 12.1. The minimum absolute atomic E-state index is 0.0518. The largest absolute Gasteiger partial charge is 0.494 e. The number of carbonyl (C=O) groups is 1. The Kier molecular flexibility index (Phi) is 7.65. The van der Waals surface area contributed by atoms with E-state index in [2.05, 4.69) is 30.5 Å². The monoisotopic (exact) mass is 557 g/mol. The lowest BCUT2D eigenvalue weighted by Gasteiger charge is -2.30. The van der Waals surface area contributed by atoms with E-state index in [-0.39, 0.29) is 36.6 Å². The third kappa shape index (κ3) is 5.39. The highest BCUT2D eigenvalue weighted by molar-refractivity contribution is 7.12. The molecule has 1 amide bonds. The van der Waals surface area contributed by atoms with Crippen LogP contribution in [-0.2, 0) is 0 Å². The molecule has 4 aromatic rings. The molecule has 0 saturated carbocycles. The molecule has 0 radical (unpaired) electrons. The molecule has 200 valence electrons.